The van der Waals surface area contributed by atoms with E-state index in [0.717, 1.165) is 5.56 Å². The van der Waals surface area contributed by atoms with Crippen LogP contribution in [0.1, 0.15) is 23.0 Å². The van der Waals surface area contributed by atoms with Gasteiger partial charge < -0.3 is 5.32 Å². The van der Waals surface area contributed by atoms with Crippen molar-refractivity contribution < 1.29 is 9.18 Å². The van der Waals surface area contributed by atoms with Crippen molar-refractivity contribution in [2.75, 3.05) is 5.32 Å². The van der Waals surface area contributed by atoms with Gasteiger partial charge in [0.2, 0.25) is 0 Å². The Bertz CT molecular complexity index is 624. The molecular weight excluding hydrogens is 269 g/mol. The van der Waals surface area contributed by atoms with E-state index in [1.807, 2.05) is 13.8 Å². The predicted molar refractivity (Wildman–Crippen MR) is 72.0 cm³/mol. The van der Waals surface area contributed by atoms with Gasteiger partial charge >= 0.3 is 0 Å². The average Bonchev–Trinajstić information content (AvgIpc) is 2.75. The second-order valence-corrected chi connectivity index (χ2v) is 4.50. The number of nitrogens with zero attached hydrogens (tertiary/aromatic N) is 2. The van der Waals surface area contributed by atoms with E-state index in [9.17, 15) is 9.18 Å². The SMILES string of the molecule is CCn1ncc(Cl)c1C(=O)Nc1cc(C)ccc1F. The van der Waals surface area contributed by atoms with Crippen molar-refractivity contribution in [3.8, 4) is 0 Å². The predicted octanol–water partition coefficient (Wildman–Crippen LogP) is 3.26. The topological polar surface area (TPSA) is 46.9 Å². The first-order chi connectivity index (χ1) is 9.02. The van der Waals surface area contributed by atoms with E-state index in [1.54, 1.807) is 12.1 Å². The normalized spacial score (nSPS) is 10.5. The number of hydrogen-bond donors (Lipinski definition) is 1. The summed E-state index contributed by atoms with van der Waals surface area (Å²) in [6, 6.07) is 4.51. The smallest absolute Gasteiger partial charge is 0.275 e. The second kappa shape index (κ2) is 5.40. The Morgan fingerprint density at radius 3 is 2.95 bits per heavy atom. The number of carbonyl (C=O) groups excluding carboxylic acids is 1. The summed E-state index contributed by atoms with van der Waals surface area (Å²) in [5, 5.41) is 6.72. The molecular formula is C13H13ClFN3O. The molecule has 1 heterocycles. The van der Waals surface area contributed by atoms with Crippen LogP contribution in [0.15, 0.2) is 24.4 Å². The van der Waals surface area contributed by atoms with Gasteiger partial charge in [-0.25, -0.2) is 4.39 Å². The van der Waals surface area contributed by atoms with E-state index in [2.05, 4.69) is 10.4 Å². The Labute approximate surface area is 115 Å². The number of aryl methyl sites for hydroxylation is 2. The Balaban J connectivity index is 2.30. The number of benzene rings is 1. The first kappa shape index (κ1) is 13.5. The highest BCUT2D eigenvalue weighted by molar-refractivity contribution is 6.34. The number of rotatable bonds is 3. The molecule has 0 fully saturated rings. The molecule has 6 heteroatoms. The van der Waals surface area contributed by atoms with Gasteiger partial charge in [0.1, 0.15) is 11.5 Å². The molecule has 0 saturated heterocycles. The van der Waals surface area contributed by atoms with Crippen molar-refractivity contribution in [3.63, 3.8) is 0 Å². The number of amides is 1. The monoisotopic (exact) mass is 281 g/mol. The van der Waals surface area contributed by atoms with Crippen molar-refractivity contribution in [1.29, 1.82) is 0 Å². The maximum absolute atomic E-state index is 13.6. The number of hydrogen-bond acceptors (Lipinski definition) is 2. The molecule has 0 unspecified atom stereocenters. The molecule has 0 bridgehead atoms. The molecule has 0 radical (unpaired) electrons. The first-order valence-electron chi connectivity index (χ1n) is 5.81. The van der Waals surface area contributed by atoms with Crippen molar-refractivity contribution >= 4 is 23.2 Å². The van der Waals surface area contributed by atoms with Crippen LogP contribution in [0.2, 0.25) is 5.02 Å². The molecule has 2 aromatic rings. The van der Waals surface area contributed by atoms with Crippen molar-refractivity contribution in [3.05, 3.63) is 46.5 Å². The fourth-order valence-electron chi connectivity index (χ4n) is 1.74. The van der Waals surface area contributed by atoms with Gasteiger partial charge in [-0.05, 0) is 31.5 Å². The van der Waals surface area contributed by atoms with Crippen LogP contribution >= 0.6 is 11.6 Å². The molecule has 0 aliphatic rings. The molecule has 0 saturated carbocycles. The standard InChI is InChI=1S/C13H13ClFN3O/c1-3-18-12(9(14)7-16-18)13(19)17-11-6-8(2)4-5-10(11)15/h4-7H,3H2,1-2H3,(H,17,19). The number of aromatic nitrogens is 2. The van der Waals surface area contributed by atoms with E-state index in [1.165, 1.54) is 16.9 Å². The van der Waals surface area contributed by atoms with Crippen molar-refractivity contribution in [2.24, 2.45) is 0 Å². The van der Waals surface area contributed by atoms with Crippen LogP contribution in [0, 0.1) is 12.7 Å². The van der Waals surface area contributed by atoms with Crippen LogP contribution in [0.4, 0.5) is 10.1 Å². The molecule has 0 aliphatic carbocycles. The molecule has 1 aromatic carbocycles. The molecule has 1 amide bonds. The fraction of sp³-hybridized carbons (Fsp3) is 0.231. The number of nitrogens with one attached hydrogen (secondary N) is 1. The zero-order valence-corrected chi connectivity index (χ0v) is 11.3. The van der Waals surface area contributed by atoms with Gasteiger partial charge in [-0.2, -0.15) is 5.10 Å². The van der Waals surface area contributed by atoms with Crippen LogP contribution in [-0.4, -0.2) is 15.7 Å². The lowest BCUT2D eigenvalue weighted by Gasteiger charge is -2.09. The van der Waals surface area contributed by atoms with Crippen LogP contribution in [0.3, 0.4) is 0 Å². The van der Waals surface area contributed by atoms with E-state index >= 15 is 0 Å². The van der Waals surface area contributed by atoms with Gasteiger partial charge in [0, 0.05) is 6.54 Å². The van der Waals surface area contributed by atoms with Gasteiger partial charge in [0.15, 0.2) is 0 Å². The lowest BCUT2D eigenvalue weighted by atomic mass is 10.2. The Morgan fingerprint density at radius 2 is 2.26 bits per heavy atom. The largest absolute Gasteiger partial charge is 0.318 e. The maximum Gasteiger partial charge on any atom is 0.275 e. The van der Waals surface area contributed by atoms with Gasteiger partial charge in [-0.3, -0.25) is 9.48 Å². The average molecular weight is 282 g/mol. The summed E-state index contributed by atoms with van der Waals surface area (Å²) in [5.74, 6) is -0.966. The molecule has 100 valence electrons. The fourth-order valence-corrected chi connectivity index (χ4v) is 1.97. The highest BCUT2D eigenvalue weighted by Crippen LogP contribution is 2.20. The number of anilines is 1. The quantitative estimate of drug-likeness (QED) is 0.939. The van der Waals surface area contributed by atoms with Crippen molar-refractivity contribution in [2.45, 2.75) is 20.4 Å². The Kier molecular flexibility index (Phi) is 3.85. The van der Waals surface area contributed by atoms with Crippen LogP contribution in [0.5, 0.6) is 0 Å². The highest BCUT2D eigenvalue weighted by atomic mass is 35.5. The zero-order chi connectivity index (χ0) is 14.0. The molecule has 2 rings (SSSR count). The third-order valence-corrected chi connectivity index (χ3v) is 2.96. The lowest BCUT2D eigenvalue weighted by molar-refractivity contribution is 0.101. The van der Waals surface area contributed by atoms with E-state index in [4.69, 9.17) is 11.6 Å². The summed E-state index contributed by atoms with van der Waals surface area (Å²) < 4.78 is 15.0. The first-order valence-corrected chi connectivity index (χ1v) is 6.19. The summed E-state index contributed by atoms with van der Waals surface area (Å²) in [4.78, 5) is 12.1. The molecule has 1 aromatic heterocycles. The highest BCUT2D eigenvalue weighted by Gasteiger charge is 2.18. The third kappa shape index (κ3) is 2.76. The number of halogens is 2. The minimum Gasteiger partial charge on any atom is -0.318 e. The minimum atomic E-state index is -0.488. The van der Waals surface area contributed by atoms with Gasteiger partial charge in [-0.1, -0.05) is 17.7 Å². The van der Waals surface area contributed by atoms with Gasteiger partial charge in [0.05, 0.1) is 16.9 Å². The maximum atomic E-state index is 13.6. The molecule has 0 aliphatic heterocycles. The van der Waals surface area contributed by atoms with Gasteiger partial charge in [0.25, 0.3) is 5.91 Å². The summed E-state index contributed by atoms with van der Waals surface area (Å²) in [6.45, 7) is 4.16. The molecule has 19 heavy (non-hydrogen) atoms. The summed E-state index contributed by atoms with van der Waals surface area (Å²) in [6.07, 6.45) is 1.40. The van der Waals surface area contributed by atoms with E-state index in [0.29, 0.717) is 6.54 Å². The molecule has 0 atom stereocenters. The third-order valence-electron chi connectivity index (χ3n) is 2.68. The van der Waals surface area contributed by atoms with E-state index < -0.39 is 11.7 Å². The summed E-state index contributed by atoms with van der Waals surface area (Å²) >= 11 is 5.92. The summed E-state index contributed by atoms with van der Waals surface area (Å²) in [7, 11) is 0. The number of carbonyl (C=O) groups is 1. The molecule has 0 spiro atoms. The van der Waals surface area contributed by atoms with Crippen LogP contribution < -0.4 is 5.32 Å². The Morgan fingerprint density at radius 1 is 1.53 bits per heavy atom. The van der Waals surface area contributed by atoms with Crippen LogP contribution in [-0.2, 0) is 6.54 Å². The van der Waals surface area contributed by atoms with Gasteiger partial charge in [-0.15, -0.1) is 0 Å². The van der Waals surface area contributed by atoms with Crippen LogP contribution in [0.25, 0.3) is 0 Å². The zero-order valence-electron chi connectivity index (χ0n) is 10.6. The molecule has 1 N–H and O–H groups in total. The minimum absolute atomic E-state index is 0.130. The summed E-state index contributed by atoms with van der Waals surface area (Å²) in [5.41, 5.74) is 1.21. The van der Waals surface area contributed by atoms with E-state index in [-0.39, 0.29) is 16.4 Å². The molecule has 4 nitrogen and oxygen atoms in total. The Hall–Kier alpha value is -1.88. The van der Waals surface area contributed by atoms with Crippen molar-refractivity contribution in [1.82, 2.24) is 9.78 Å². The second-order valence-electron chi connectivity index (χ2n) is 4.09. The lowest BCUT2D eigenvalue weighted by Crippen LogP contribution is -2.18.